The molecule has 1 aromatic carbocycles. The number of halogens is 1. The number of aryl methyl sites for hydroxylation is 2. The lowest BCUT2D eigenvalue weighted by Crippen LogP contribution is -2.04. The first-order valence-electron chi connectivity index (χ1n) is 6.36. The molecule has 0 spiro atoms. The van der Waals surface area contributed by atoms with E-state index in [-0.39, 0.29) is 10.6 Å². The summed E-state index contributed by atoms with van der Waals surface area (Å²) in [6, 6.07) is 10.8. The van der Waals surface area contributed by atoms with Gasteiger partial charge in [0.15, 0.2) is 0 Å². The van der Waals surface area contributed by atoms with Crippen LogP contribution in [0.2, 0.25) is 0 Å². The maximum atomic E-state index is 11.1. The summed E-state index contributed by atoms with van der Waals surface area (Å²) < 4.78 is 2.45. The molecule has 21 heavy (non-hydrogen) atoms. The lowest BCUT2D eigenvalue weighted by Gasteiger charge is -2.03. The zero-order chi connectivity index (χ0) is 14.8. The zero-order valence-electron chi connectivity index (χ0n) is 10.9. The van der Waals surface area contributed by atoms with E-state index in [0.29, 0.717) is 15.6 Å². The molecule has 6 nitrogen and oxygen atoms in total. The van der Waals surface area contributed by atoms with Crippen LogP contribution in [0.5, 0.6) is 0 Å². The molecule has 0 aliphatic carbocycles. The molecule has 0 amide bonds. The summed E-state index contributed by atoms with van der Waals surface area (Å²) in [5.74, 6) is 0. The molecule has 3 aromatic rings. The van der Waals surface area contributed by atoms with Crippen LogP contribution < -0.4 is 0 Å². The smallest absolute Gasteiger partial charge is 0.263 e. The molecule has 7 heteroatoms. The molecule has 0 N–H and O–H groups in total. The second-order valence-corrected chi connectivity index (χ2v) is 5.54. The maximum absolute atomic E-state index is 11.1. The van der Waals surface area contributed by atoms with Gasteiger partial charge >= 0.3 is 0 Å². The van der Waals surface area contributed by atoms with Crippen molar-refractivity contribution >= 4 is 39.2 Å². The Morgan fingerprint density at radius 2 is 2.10 bits per heavy atom. The fraction of sp³-hybridized carbons (Fsp3) is 0.143. The third kappa shape index (κ3) is 2.73. The van der Waals surface area contributed by atoms with Crippen molar-refractivity contribution in [3.05, 3.63) is 62.1 Å². The van der Waals surface area contributed by atoms with Gasteiger partial charge in [0.2, 0.25) is 0 Å². The van der Waals surface area contributed by atoms with Gasteiger partial charge in [-0.05, 0) is 40.8 Å². The number of hydrogen-bond acceptors (Lipinski definition) is 4. The third-order valence-electron chi connectivity index (χ3n) is 3.22. The summed E-state index contributed by atoms with van der Waals surface area (Å²) in [4.78, 5) is 15.0. The number of non-ortho nitro benzene ring substituents is 1. The first-order valence-corrected chi connectivity index (χ1v) is 7.44. The van der Waals surface area contributed by atoms with Gasteiger partial charge < -0.3 is 0 Å². The van der Waals surface area contributed by atoms with Crippen LogP contribution in [0.4, 0.5) is 5.69 Å². The molecule has 0 aliphatic rings. The first-order chi connectivity index (χ1) is 10.2. The predicted molar refractivity (Wildman–Crippen MR) is 87.0 cm³/mol. The minimum absolute atomic E-state index is 0.0981. The summed E-state index contributed by atoms with van der Waals surface area (Å²) >= 11 is 2.04. The molecule has 0 atom stereocenters. The monoisotopic (exact) mass is 394 g/mol. The van der Waals surface area contributed by atoms with E-state index in [1.807, 2.05) is 46.9 Å². The van der Waals surface area contributed by atoms with Gasteiger partial charge in [0.25, 0.3) is 5.69 Å². The van der Waals surface area contributed by atoms with E-state index in [0.717, 1.165) is 17.6 Å². The van der Waals surface area contributed by atoms with E-state index in [1.165, 1.54) is 6.07 Å². The standard InChI is InChI=1S/C14H11IN4O2/c15-14-13-11(5-3-6-12(13)19(20)21)18(17-14)9-7-10-4-1-2-8-16-10/h1-6,8H,7,9H2. The molecular weight excluding hydrogens is 383 g/mol. The molecule has 0 unspecified atom stereocenters. The topological polar surface area (TPSA) is 73.8 Å². The van der Waals surface area contributed by atoms with Crippen LogP contribution in [0.1, 0.15) is 5.69 Å². The van der Waals surface area contributed by atoms with Crippen molar-refractivity contribution in [1.29, 1.82) is 0 Å². The van der Waals surface area contributed by atoms with E-state index in [9.17, 15) is 10.1 Å². The Morgan fingerprint density at radius 1 is 1.24 bits per heavy atom. The zero-order valence-corrected chi connectivity index (χ0v) is 13.1. The highest BCUT2D eigenvalue weighted by Gasteiger charge is 2.19. The van der Waals surface area contributed by atoms with E-state index < -0.39 is 0 Å². The highest BCUT2D eigenvalue weighted by Crippen LogP contribution is 2.29. The average molecular weight is 394 g/mol. The quantitative estimate of drug-likeness (QED) is 0.387. The lowest BCUT2D eigenvalue weighted by atomic mass is 10.2. The summed E-state index contributed by atoms with van der Waals surface area (Å²) in [7, 11) is 0. The lowest BCUT2D eigenvalue weighted by molar-refractivity contribution is -0.383. The molecule has 0 aliphatic heterocycles. The second-order valence-electron chi connectivity index (χ2n) is 4.51. The van der Waals surface area contributed by atoms with Gasteiger partial charge in [0.1, 0.15) is 9.09 Å². The van der Waals surface area contributed by atoms with Crippen molar-refractivity contribution in [3.63, 3.8) is 0 Å². The third-order valence-corrected chi connectivity index (χ3v) is 3.97. The number of nitrogens with zero attached hydrogens (tertiary/aromatic N) is 4. The van der Waals surface area contributed by atoms with Crippen molar-refractivity contribution in [2.24, 2.45) is 0 Å². The highest BCUT2D eigenvalue weighted by molar-refractivity contribution is 14.1. The highest BCUT2D eigenvalue weighted by atomic mass is 127. The van der Waals surface area contributed by atoms with Gasteiger partial charge in [-0.2, -0.15) is 5.10 Å². The number of benzene rings is 1. The number of nitro groups is 1. The second kappa shape index (κ2) is 5.76. The maximum Gasteiger partial charge on any atom is 0.281 e. The molecule has 0 bridgehead atoms. The molecule has 0 saturated carbocycles. The van der Waals surface area contributed by atoms with Gasteiger partial charge in [-0.15, -0.1) is 0 Å². The molecule has 3 rings (SSSR count). The van der Waals surface area contributed by atoms with Gasteiger partial charge in [-0.3, -0.25) is 19.8 Å². The van der Waals surface area contributed by atoms with Crippen molar-refractivity contribution < 1.29 is 4.92 Å². The van der Waals surface area contributed by atoms with Crippen molar-refractivity contribution in [2.45, 2.75) is 13.0 Å². The van der Waals surface area contributed by atoms with Gasteiger partial charge in [0, 0.05) is 30.9 Å². The first kappa shape index (κ1) is 13.9. The molecule has 2 aromatic heterocycles. The minimum Gasteiger partial charge on any atom is -0.263 e. The fourth-order valence-electron chi connectivity index (χ4n) is 2.25. The Labute approximate surface area is 134 Å². The van der Waals surface area contributed by atoms with Crippen molar-refractivity contribution in [2.75, 3.05) is 0 Å². The Bertz CT molecular complexity index is 801. The van der Waals surface area contributed by atoms with Crippen LogP contribution in [-0.4, -0.2) is 19.7 Å². The van der Waals surface area contributed by atoms with E-state index >= 15 is 0 Å². The van der Waals surface area contributed by atoms with Crippen LogP contribution in [-0.2, 0) is 13.0 Å². The molecule has 106 valence electrons. The number of fused-ring (bicyclic) bond motifs is 1. The van der Waals surface area contributed by atoms with Crippen LogP contribution in [0.15, 0.2) is 42.6 Å². The summed E-state index contributed by atoms with van der Waals surface area (Å²) in [6.45, 7) is 0.637. The average Bonchev–Trinajstić information content (AvgIpc) is 2.83. The van der Waals surface area contributed by atoms with Crippen LogP contribution in [0.3, 0.4) is 0 Å². The molecule has 0 saturated heterocycles. The van der Waals surface area contributed by atoms with E-state index in [4.69, 9.17) is 0 Å². The van der Waals surface area contributed by atoms with E-state index in [1.54, 1.807) is 16.9 Å². The Morgan fingerprint density at radius 3 is 2.81 bits per heavy atom. The van der Waals surface area contributed by atoms with Gasteiger partial charge in [-0.25, -0.2) is 0 Å². The minimum atomic E-state index is -0.366. The van der Waals surface area contributed by atoms with Crippen molar-refractivity contribution in [1.82, 2.24) is 14.8 Å². The molecular formula is C14H11IN4O2. The Kier molecular flexibility index (Phi) is 3.82. The summed E-state index contributed by atoms with van der Waals surface area (Å²) in [5, 5.41) is 16.1. The van der Waals surface area contributed by atoms with Crippen LogP contribution in [0.25, 0.3) is 10.9 Å². The largest absolute Gasteiger partial charge is 0.281 e. The molecule has 0 fully saturated rings. The number of pyridine rings is 1. The molecule has 2 heterocycles. The number of nitro benzene ring substituents is 1. The number of hydrogen-bond donors (Lipinski definition) is 0. The Balaban J connectivity index is 1.97. The number of rotatable bonds is 4. The van der Waals surface area contributed by atoms with Gasteiger partial charge in [0.05, 0.1) is 10.4 Å². The normalized spacial score (nSPS) is 10.9. The Hall–Kier alpha value is -2.03. The fourth-order valence-corrected chi connectivity index (χ4v) is 3.07. The molecule has 0 radical (unpaired) electrons. The SMILES string of the molecule is O=[N+]([O-])c1cccc2c1c(I)nn2CCc1ccccn1. The summed E-state index contributed by atoms with van der Waals surface area (Å²) in [5.41, 5.74) is 1.85. The van der Waals surface area contributed by atoms with E-state index in [2.05, 4.69) is 10.1 Å². The number of aromatic nitrogens is 3. The summed E-state index contributed by atoms with van der Waals surface area (Å²) in [6.07, 6.45) is 2.49. The van der Waals surface area contributed by atoms with Crippen LogP contribution in [0, 0.1) is 13.8 Å². The van der Waals surface area contributed by atoms with Crippen molar-refractivity contribution in [3.8, 4) is 0 Å². The predicted octanol–water partition coefficient (Wildman–Crippen LogP) is 3.19. The van der Waals surface area contributed by atoms with Crippen LogP contribution >= 0.6 is 22.6 Å². The van der Waals surface area contributed by atoms with Gasteiger partial charge in [-0.1, -0.05) is 12.1 Å².